The first-order valence-electron chi connectivity index (χ1n) is 4.44. The summed E-state index contributed by atoms with van der Waals surface area (Å²) >= 11 is 4.49. The molecule has 0 amide bonds. The third kappa shape index (κ3) is 3.10. The number of hydrogen-bond donors (Lipinski definition) is 0. The Bertz CT molecular complexity index is 464. The van der Waals surface area contributed by atoms with Crippen molar-refractivity contribution in [2.75, 3.05) is 7.11 Å². The number of rotatable bonds is 3. The molecule has 0 saturated heterocycles. The number of Topliss-reactive ketones (excluding diaryl/α,β-unsaturated/α-hetero) is 1. The number of methoxy groups -OCH3 is 1. The normalized spacial score (nSPS) is 12.4. The van der Waals surface area contributed by atoms with E-state index in [1.54, 1.807) is 0 Å². The second kappa shape index (κ2) is 4.72. The Hall–Kier alpha value is -1.37. The van der Waals surface area contributed by atoms with Crippen molar-refractivity contribution in [1.82, 2.24) is 0 Å². The highest BCUT2D eigenvalue weighted by Gasteiger charge is 2.40. The van der Waals surface area contributed by atoms with Crippen LogP contribution in [0, 0.1) is 0 Å². The smallest absolute Gasteiger partial charge is 0.416 e. The van der Waals surface area contributed by atoms with E-state index in [0.29, 0.717) is 6.07 Å². The van der Waals surface area contributed by atoms with Gasteiger partial charge < -0.3 is 4.74 Å². The number of carbonyl (C=O) groups excluding carboxylic acids is 1. The first kappa shape index (κ1) is 14.7. The van der Waals surface area contributed by atoms with E-state index in [1.807, 2.05) is 0 Å². The maximum Gasteiger partial charge on any atom is 0.416 e. The Labute approximate surface area is 103 Å². The highest BCUT2D eigenvalue weighted by Crippen LogP contribution is 2.35. The second-order valence-corrected chi connectivity index (χ2v) is 3.71. The largest absolute Gasteiger partial charge is 0.496 e. The van der Waals surface area contributed by atoms with Crippen molar-refractivity contribution in [2.24, 2.45) is 0 Å². The Morgan fingerprint density at radius 2 is 1.78 bits per heavy atom. The first-order valence-corrected chi connectivity index (χ1v) is 4.82. The molecule has 0 N–H and O–H groups in total. The summed E-state index contributed by atoms with van der Waals surface area (Å²) in [6, 6.07) is 1.66. The van der Waals surface area contributed by atoms with Crippen LogP contribution in [-0.2, 0) is 6.18 Å². The number of alkyl halides is 6. The first-order chi connectivity index (χ1) is 8.07. The van der Waals surface area contributed by atoms with Crippen molar-refractivity contribution in [3.05, 3.63) is 29.3 Å². The van der Waals surface area contributed by atoms with Gasteiger partial charge in [0.15, 0.2) is 0 Å². The topological polar surface area (TPSA) is 26.3 Å². The minimum atomic E-state index is -4.76. The molecule has 0 atom stereocenters. The molecule has 0 bridgehead atoms. The Morgan fingerprint density at radius 3 is 2.17 bits per heavy atom. The molecule has 0 unspecified atom stereocenters. The monoisotopic (exact) mass is 288 g/mol. The van der Waals surface area contributed by atoms with Gasteiger partial charge in [0.05, 0.1) is 18.2 Å². The lowest BCUT2D eigenvalue weighted by atomic mass is 10.1. The van der Waals surface area contributed by atoms with Gasteiger partial charge in [0.25, 0.3) is 5.78 Å². The van der Waals surface area contributed by atoms with Crippen molar-refractivity contribution >= 4 is 17.4 Å². The molecule has 2 nitrogen and oxygen atoms in total. The van der Waals surface area contributed by atoms with Crippen LogP contribution in [0.25, 0.3) is 0 Å². The summed E-state index contributed by atoms with van der Waals surface area (Å²) in [5, 5.41) is -4.29. The summed E-state index contributed by atoms with van der Waals surface area (Å²) < 4.78 is 67.0. The molecule has 0 aliphatic rings. The predicted octanol–water partition coefficient (Wildman–Crippen LogP) is 3.73. The zero-order chi connectivity index (χ0) is 14.1. The zero-order valence-corrected chi connectivity index (χ0v) is 9.57. The lowest BCUT2D eigenvalue weighted by Crippen LogP contribution is -2.22. The molecule has 0 heterocycles. The molecular weight excluding hydrogens is 283 g/mol. The molecule has 8 heteroatoms. The van der Waals surface area contributed by atoms with Gasteiger partial charge in [-0.1, -0.05) is 0 Å². The van der Waals surface area contributed by atoms with Crippen LogP contribution in [0.15, 0.2) is 18.2 Å². The molecule has 0 spiro atoms. The van der Waals surface area contributed by atoms with Gasteiger partial charge in [-0.25, -0.2) is 0 Å². The number of carbonyl (C=O) groups is 1. The molecule has 0 fully saturated rings. The van der Waals surface area contributed by atoms with Crippen LogP contribution in [0.1, 0.15) is 15.9 Å². The average Bonchev–Trinajstić information content (AvgIpc) is 2.24. The van der Waals surface area contributed by atoms with Crippen molar-refractivity contribution in [1.29, 1.82) is 0 Å². The quantitative estimate of drug-likeness (QED) is 0.481. The predicted molar refractivity (Wildman–Crippen MR) is 53.1 cm³/mol. The fourth-order valence-electron chi connectivity index (χ4n) is 1.21. The maximum absolute atomic E-state index is 12.6. The van der Waals surface area contributed by atoms with Crippen molar-refractivity contribution in [3.63, 3.8) is 0 Å². The third-order valence-corrected chi connectivity index (χ3v) is 2.20. The number of ether oxygens (including phenoxy) is 1. The van der Waals surface area contributed by atoms with Crippen LogP contribution < -0.4 is 4.74 Å². The van der Waals surface area contributed by atoms with Gasteiger partial charge in [0.1, 0.15) is 5.75 Å². The molecule has 0 aliphatic carbocycles. The van der Waals surface area contributed by atoms with Crippen LogP contribution in [-0.4, -0.2) is 18.3 Å². The molecule has 1 rings (SSSR count). The van der Waals surface area contributed by atoms with E-state index in [1.165, 1.54) is 0 Å². The van der Waals surface area contributed by atoms with Gasteiger partial charge in [-0.2, -0.15) is 22.0 Å². The Kier molecular flexibility index (Phi) is 3.85. The minimum absolute atomic E-state index is 0.275. The lowest BCUT2D eigenvalue weighted by Gasteiger charge is -2.13. The number of ketones is 1. The summed E-state index contributed by atoms with van der Waals surface area (Å²) in [4.78, 5) is 11.2. The Morgan fingerprint density at radius 1 is 1.22 bits per heavy atom. The average molecular weight is 289 g/mol. The van der Waals surface area contributed by atoms with Crippen LogP contribution in [0.5, 0.6) is 5.75 Å². The van der Waals surface area contributed by atoms with Gasteiger partial charge in [-0.3, -0.25) is 4.79 Å². The fraction of sp³-hybridized carbons (Fsp3) is 0.300. The van der Waals surface area contributed by atoms with Crippen LogP contribution in [0.3, 0.4) is 0 Å². The van der Waals surface area contributed by atoms with Crippen LogP contribution in [0.2, 0.25) is 0 Å². The summed E-state index contributed by atoms with van der Waals surface area (Å²) in [7, 11) is 1.03. The second-order valence-electron chi connectivity index (χ2n) is 3.24. The summed E-state index contributed by atoms with van der Waals surface area (Å²) in [6.07, 6.45) is -4.76. The number of halogens is 6. The third-order valence-electron chi connectivity index (χ3n) is 2.03. The van der Waals surface area contributed by atoms with Crippen LogP contribution in [0.4, 0.5) is 22.0 Å². The highest BCUT2D eigenvalue weighted by atomic mass is 35.5. The Balaban J connectivity index is 3.36. The van der Waals surface area contributed by atoms with Crippen LogP contribution >= 0.6 is 11.6 Å². The SMILES string of the molecule is COc1ccc(C(F)(F)F)cc1C(=O)C(F)(F)Cl. The molecule has 100 valence electrons. The minimum Gasteiger partial charge on any atom is -0.496 e. The zero-order valence-electron chi connectivity index (χ0n) is 8.82. The van der Waals surface area contributed by atoms with Crippen molar-refractivity contribution < 1.29 is 31.5 Å². The van der Waals surface area contributed by atoms with Gasteiger partial charge in [0.2, 0.25) is 0 Å². The van der Waals surface area contributed by atoms with Gasteiger partial charge >= 0.3 is 11.6 Å². The number of benzene rings is 1. The summed E-state index contributed by atoms with van der Waals surface area (Å²) in [6.45, 7) is 0. The van der Waals surface area contributed by atoms with Crippen molar-refractivity contribution in [2.45, 2.75) is 11.6 Å². The van der Waals surface area contributed by atoms with E-state index in [4.69, 9.17) is 0 Å². The molecule has 0 aromatic heterocycles. The molecule has 1 aromatic rings. The van der Waals surface area contributed by atoms with Crippen molar-refractivity contribution in [3.8, 4) is 5.75 Å². The lowest BCUT2D eigenvalue weighted by molar-refractivity contribution is -0.137. The van der Waals surface area contributed by atoms with E-state index in [-0.39, 0.29) is 6.07 Å². The number of hydrogen-bond acceptors (Lipinski definition) is 2. The van der Waals surface area contributed by atoms with Gasteiger partial charge in [0, 0.05) is 0 Å². The summed E-state index contributed by atoms with van der Waals surface area (Å²) in [5.41, 5.74) is -2.17. The van der Waals surface area contributed by atoms with Gasteiger partial charge in [-0.05, 0) is 29.8 Å². The molecule has 1 aromatic carbocycles. The van der Waals surface area contributed by atoms with E-state index < -0.39 is 34.2 Å². The fourth-order valence-corrected chi connectivity index (χ4v) is 1.32. The highest BCUT2D eigenvalue weighted by molar-refractivity contribution is 6.35. The molecule has 0 radical (unpaired) electrons. The standard InChI is InChI=1S/C10H6ClF5O2/c1-18-7-3-2-5(10(14,15)16)4-6(7)8(17)9(11,12)13/h2-4H,1H3. The maximum atomic E-state index is 12.6. The van der Waals surface area contributed by atoms with Gasteiger partial charge in [-0.15, -0.1) is 0 Å². The van der Waals surface area contributed by atoms with E-state index in [0.717, 1.165) is 13.2 Å². The summed E-state index contributed by atoms with van der Waals surface area (Å²) in [5.74, 6) is -2.36. The van der Waals surface area contributed by atoms with E-state index >= 15 is 0 Å². The molecule has 0 aliphatic heterocycles. The van der Waals surface area contributed by atoms with E-state index in [9.17, 15) is 26.7 Å². The molecule has 18 heavy (non-hydrogen) atoms. The molecular formula is C10H6ClF5O2. The molecule has 0 saturated carbocycles. The van der Waals surface area contributed by atoms with E-state index in [2.05, 4.69) is 16.3 Å².